The van der Waals surface area contributed by atoms with E-state index in [1.165, 1.54) is 0 Å². The van der Waals surface area contributed by atoms with Gasteiger partial charge < -0.3 is 45.1 Å². The molecule has 3 heterocycles. The highest BCUT2D eigenvalue weighted by Crippen LogP contribution is 2.28. The zero-order chi connectivity index (χ0) is 40.7. The van der Waals surface area contributed by atoms with E-state index in [2.05, 4.69) is 30.1 Å². The molecule has 3 aliphatic heterocycles. The van der Waals surface area contributed by atoms with Crippen LogP contribution in [0, 0.1) is 5.92 Å². The lowest BCUT2D eigenvalue weighted by Gasteiger charge is -2.43. The van der Waals surface area contributed by atoms with E-state index in [0.29, 0.717) is 24.8 Å². The SMILES string of the molecule is CC1=C/C=C/C(C)=C/C[C@@H](C)NC(=O)/C(CC(C)C)=C/C(C)=C/C=C/C=C/[C@](C)(O)[C@H](O[C@H]2OC[C@H](O[C@@H]3CC[C@@H](N(C)C)[C@H](C)O3)[C@@H](O)[C@@H]2N)/C=C\C=C1. The summed E-state index contributed by atoms with van der Waals surface area (Å²) in [5, 5.41) is 26.1. The topological polar surface area (TPSA) is 136 Å². The summed E-state index contributed by atoms with van der Waals surface area (Å²) in [6.45, 7) is 16.0. The Hall–Kier alpha value is -3.19. The number of allylic oxidation sites excluding steroid dienone is 14. The average Bonchev–Trinajstić information content (AvgIpc) is 3.10. The molecule has 10 heteroatoms. The summed E-state index contributed by atoms with van der Waals surface area (Å²) in [5.74, 6) is 0.261. The van der Waals surface area contributed by atoms with Crippen LogP contribution in [0.4, 0.5) is 0 Å². The standard InChI is InChI=1S/C45H69N3O7/c1-30(2)27-36-28-33(5)18-12-11-15-26-45(8,51)39(21-14-13-17-31(3)19-16-20-32(4)22-23-34(6)47-43(36)50)55-44-41(46)42(49)38(29-52-44)54-40-25-24-37(48(9)10)35(7)53-40/h11-22,26,28,30,34-35,37-42,44,49,51H,23-25,27,29,46H2,1-10H3,(H,47,50)/b12-11+,17-13?,20-16+,21-14-,26-15+,31-19?,32-22+,33-18+,36-28+/t34-,35+,37-,38+,39-,40-,41+,42-,44-,45+/m1/s1. The number of aliphatic hydroxyl groups excluding tert-OH is 1. The lowest BCUT2D eigenvalue weighted by Crippen LogP contribution is -2.61. The van der Waals surface area contributed by atoms with Crippen molar-refractivity contribution >= 4 is 5.91 Å². The van der Waals surface area contributed by atoms with Gasteiger partial charge in [0.15, 0.2) is 12.6 Å². The molecule has 2 saturated heterocycles. The van der Waals surface area contributed by atoms with Gasteiger partial charge in [-0.15, -0.1) is 0 Å². The van der Waals surface area contributed by atoms with Crippen molar-refractivity contribution in [2.24, 2.45) is 11.7 Å². The first-order valence-corrected chi connectivity index (χ1v) is 19.8. The minimum atomic E-state index is -1.49. The Bertz CT molecular complexity index is 1520. The van der Waals surface area contributed by atoms with Crippen LogP contribution in [0.25, 0.3) is 0 Å². The molecule has 0 unspecified atom stereocenters. The maximum atomic E-state index is 13.3. The minimum absolute atomic E-state index is 0.0163. The molecule has 10 nitrogen and oxygen atoms in total. The smallest absolute Gasteiger partial charge is 0.247 e. The minimum Gasteiger partial charge on any atom is -0.388 e. The van der Waals surface area contributed by atoms with E-state index in [0.717, 1.165) is 35.1 Å². The molecule has 306 valence electrons. The Balaban J connectivity index is 1.84. The molecule has 0 aromatic heterocycles. The highest BCUT2D eigenvalue weighted by Gasteiger charge is 2.43. The van der Waals surface area contributed by atoms with Crippen LogP contribution >= 0.6 is 0 Å². The number of carbonyl (C=O) groups is 1. The number of nitrogens with zero attached hydrogens (tertiary/aromatic N) is 1. The van der Waals surface area contributed by atoms with E-state index < -0.39 is 42.5 Å². The van der Waals surface area contributed by atoms with Gasteiger partial charge in [0.25, 0.3) is 0 Å². The maximum absolute atomic E-state index is 13.3. The molecule has 55 heavy (non-hydrogen) atoms. The molecule has 10 atom stereocenters. The molecule has 3 aliphatic rings. The van der Waals surface area contributed by atoms with Gasteiger partial charge in [0.2, 0.25) is 5.91 Å². The first-order valence-electron chi connectivity index (χ1n) is 19.8. The first kappa shape index (κ1) is 46.2. The number of nitrogens with one attached hydrogen (secondary N) is 1. The summed E-state index contributed by atoms with van der Waals surface area (Å²) >= 11 is 0. The van der Waals surface area contributed by atoms with Gasteiger partial charge in [-0.2, -0.15) is 0 Å². The van der Waals surface area contributed by atoms with Crippen LogP contribution in [0.15, 0.2) is 107 Å². The van der Waals surface area contributed by atoms with Crippen LogP contribution in [-0.4, -0.2) is 102 Å². The van der Waals surface area contributed by atoms with E-state index in [4.69, 9.17) is 24.7 Å². The zero-order valence-electron chi connectivity index (χ0n) is 34.9. The van der Waals surface area contributed by atoms with Crippen LogP contribution in [0.5, 0.6) is 0 Å². The number of carbonyl (C=O) groups excluding carboxylic acids is 1. The van der Waals surface area contributed by atoms with Crippen LogP contribution in [0.3, 0.4) is 0 Å². The summed E-state index contributed by atoms with van der Waals surface area (Å²) < 4.78 is 24.6. The van der Waals surface area contributed by atoms with Gasteiger partial charge in [0.05, 0.1) is 18.8 Å². The average molecular weight is 764 g/mol. The fourth-order valence-corrected chi connectivity index (χ4v) is 6.68. The lowest BCUT2D eigenvalue weighted by atomic mass is 9.96. The highest BCUT2D eigenvalue weighted by molar-refractivity contribution is 5.94. The van der Waals surface area contributed by atoms with Crippen molar-refractivity contribution in [1.29, 1.82) is 0 Å². The van der Waals surface area contributed by atoms with Crippen LogP contribution < -0.4 is 11.1 Å². The number of aliphatic hydroxyl groups is 2. The second kappa shape index (κ2) is 22.5. The third-order valence-electron chi connectivity index (χ3n) is 9.95. The van der Waals surface area contributed by atoms with Crippen molar-refractivity contribution in [3.8, 4) is 0 Å². The fraction of sp³-hybridized carbons (Fsp3) is 0.578. The Kier molecular flexibility index (Phi) is 18.9. The fourth-order valence-electron chi connectivity index (χ4n) is 6.68. The van der Waals surface area contributed by atoms with Gasteiger partial charge in [-0.05, 0) is 87.2 Å². The summed E-state index contributed by atoms with van der Waals surface area (Å²) in [6.07, 6.45) is 25.3. The molecule has 0 saturated carbocycles. The number of rotatable bonds is 7. The summed E-state index contributed by atoms with van der Waals surface area (Å²) in [5.41, 5.74) is 8.80. The largest absolute Gasteiger partial charge is 0.388 e. The predicted octanol–water partition coefficient (Wildman–Crippen LogP) is 6.51. The molecular weight excluding hydrogens is 695 g/mol. The summed E-state index contributed by atoms with van der Waals surface area (Å²) in [4.78, 5) is 15.4. The van der Waals surface area contributed by atoms with Gasteiger partial charge in [-0.3, -0.25) is 4.79 Å². The number of nitrogens with two attached hydrogens (primary N) is 1. The predicted molar refractivity (Wildman–Crippen MR) is 222 cm³/mol. The second-order valence-electron chi connectivity index (χ2n) is 16.1. The van der Waals surface area contributed by atoms with E-state index in [1.54, 1.807) is 25.2 Å². The Morgan fingerprint density at radius 3 is 2.38 bits per heavy atom. The monoisotopic (exact) mass is 764 g/mol. The normalized spacial score (nSPS) is 39.0. The quantitative estimate of drug-likeness (QED) is 0.229. The molecular formula is C45H69N3O7. The number of hydrogen-bond donors (Lipinski definition) is 4. The van der Waals surface area contributed by atoms with E-state index in [1.807, 2.05) is 109 Å². The second-order valence-corrected chi connectivity index (χ2v) is 16.1. The Morgan fingerprint density at radius 2 is 1.69 bits per heavy atom. The van der Waals surface area contributed by atoms with Crippen LogP contribution in [-0.2, 0) is 23.7 Å². The zero-order valence-corrected chi connectivity index (χ0v) is 34.9. The molecule has 1 amide bonds. The number of ether oxygens (including phenoxy) is 4. The third kappa shape index (κ3) is 15.7. The van der Waals surface area contributed by atoms with E-state index in [-0.39, 0.29) is 24.7 Å². The molecule has 0 radical (unpaired) electrons. The summed E-state index contributed by atoms with van der Waals surface area (Å²) in [6, 6.07) is -0.666. The van der Waals surface area contributed by atoms with Crippen molar-refractivity contribution in [2.45, 2.75) is 142 Å². The van der Waals surface area contributed by atoms with Crippen molar-refractivity contribution < 1.29 is 34.0 Å². The Morgan fingerprint density at radius 1 is 0.982 bits per heavy atom. The molecule has 0 aromatic carbocycles. The van der Waals surface area contributed by atoms with Crippen molar-refractivity contribution in [3.05, 3.63) is 107 Å². The van der Waals surface area contributed by atoms with Crippen molar-refractivity contribution in [1.82, 2.24) is 10.2 Å². The maximum Gasteiger partial charge on any atom is 0.247 e. The van der Waals surface area contributed by atoms with Crippen LogP contribution in [0.1, 0.15) is 81.1 Å². The number of hydrogen-bond acceptors (Lipinski definition) is 9. The van der Waals surface area contributed by atoms with Gasteiger partial charge >= 0.3 is 0 Å². The molecule has 0 bridgehead atoms. The van der Waals surface area contributed by atoms with Gasteiger partial charge in [-0.25, -0.2) is 0 Å². The van der Waals surface area contributed by atoms with Gasteiger partial charge in [0.1, 0.15) is 23.9 Å². The van der Waals surface area contributed by atoms with Crippen LogP contribution in [0.2, 0.25) is 0 Å². The Labute approximate surface area is 330 Å². The molecule has 0 aliphatic carbocycles. The first-order chi connectivity index (χ1) is 26.0. The van der Waals surface area contributed by atoms with E-state index in [9.17, 15) is 15.0 Å². The number of likely N-dealkylation sites (N-methyl/N-ethyl adjacent to an activating group) is 1. The number of amides is 1. The van der Waals surface area contributed by atoms with E-state index >= 15 is 0 Å². The molecule has 5 N–H and O–H groups in total. The molecule has 2 fully saturated rings. The van der Waals surface area contributed by atoms with Crippen molar-refractivity contribution in [2.75, 3.05) is 20.7 Å². The van der Waals surface area contributed by atoms with Gasteiger partial charge in [-0.1, -0.05) is 116 Å². The third-order valence-corrected chi connectivity index (χ3v) is 9.95. The van der Waals surface area contributed by atoms with Gasteiger partial charge in [0, 0.05) is 17.7 Å². The van der Waals surface area contributed by atoms with Crippen molar-refractivity contribution in [3.63, 3.8) is 0 Å². The lowest BCUT2D eigenvalue weighted by molar-refractivity contribution is -0.294. The molecule has 0 aromatic rings. The molecule has 0 spiro atoms. The summed E-state index contributed by atoms with van der Waals surface area (Å²) in [7, 11) is 4.08. The highest BCUT2D eigenvalue weighted by atomic mass is 16.7. The molecule has 3 rings (SSSR count).